The Bertz CT molecular complexity index is 985. The molecule has 1 aromatic heterocycles. The molecule has 0 radical (unpaired) electrons. The molecule has 4 heteroatoms. The third kappa shape index (κ3) is 4.09. The molecule has 2 heterocycles. The number of halogens is 1. The van der Waals surface area contributed by atoms with E-state index in [4.69, 9.17) is 18.2 Å². The average molecular weight is 388 g/mol. The van der Waals surface area contributed by atoms with E-state index in [1.165, 1.54) is 37.9 Å². The predicted molar refractivity (Wildman–Crippen MR) is 116 cm³/mol. The van der Waals surface area contributed by atoms with Crippen LogP contribution in [-0.2, 0) is 6.54 Å². The zero-order valence-corrected chi connectivity index (χ0v) is 16.5. The van der Waals surface area contributed by atoms with Gasteiger partial charge in [-0.05, 0) is 48.7 Å². The van der Waals surface area contributed by atoms with Crippen LogP contribution in [0.1, 0.15) is 24.8 Å². The lowest BCUT2D eigenvalue weighted by molar-refractivity contribution is 0.221. The molecule has 1 aliphatic rings. The second kappa shape index (κ2) is 8.56. The van der Waals surface area contributed by atoms with Crippen LogP contribution in [0.5, 0.6) is 0 Å². The van der Waals surface area contributed by atoms with Gasteiger partial charge in [0.25, 0.3) is 0 Å². The highest BCUT2D eigenvalue weighted by molar-refractivity contribution is 6.32. The van der Waals surface area contributed by atoms with Gasteiger partial charge < -0.3 is 0 Å². The van der Waals surface area contributed by atoms with Crippen LogP contribution in [0.4, 0.5) is 5.69 Å². The maximum absolute atomic E-state index is 7.37. The van der Waals surface area contributed by atoms with Crippen molar-refractivity contribution in [2.75, 3.05) is 13.1 Å². The third-order valence-electron chi connectivity index (χ3n) is 5.24. The zero-order valence-electron chi connectivity index (χ0n) is 15.7. The molecule has 3 nitrogen and oxygen atoms in total. The Morgan fingerprint density at radius 1 is 0.929 bits per heavy atom. The number of hydrogen-bond donors (Lipinski definition) is 0. The van der Waals surface area contributed by atoms with Crippen LogP contribution < -0.4 is 0 Å². The molecule has 0 atom stereocenters. The van der Waals surface area contributed by atoms with Crippen molar-refractivity contribution in [3.8, 4) is 22.4 Å². The van der Waals surface area contributed by atoms with Gasteiger partial charge in [0.05, 0.1) is 12.3 Å². The number of rotatable bonds is 4. The first-order valence-electron chi connectivity index (χ1n) is 9.70. The predicted octanol–water partition coefficient (Wildman–Crippen LogP) is 6.61. The normalized spacial score (nSPS) is 14.6. The van der Waals surface area contributed by atoms with Crippen molar-refractivity contribution in [1.82, 2.24) is 9.88 Å². The smallest absolute Gasteiger partial charge is 0.224 e. The van der Waals surface area contributed by atoms with Crippen molar-refractivity contribution in [3.05, 3.63) is 82.8 Å². The zero-order chi connectivity index (χ0) is 19.3. The summed E-state index contributed by atoms with van der Waals surface area (Å²) in [5.74, 6) is 0. The summed E-state index contributed by atoms with van der Waals surface area (Å²) in [5, 5.41) is 0.252. The van der Waals surface area contributed by atoms with E-state index in [0.717, 1.165) is 28.9 Å². The Kier molecular flexibility index (Phi) is 5.71. The first kappa shape index (κ1) is 18.7. The Morgan fingerprint density at radius 3 is 2.32 bits per heavy atom. The van der Waals surface area contributed by atoms with Gasteiger partial charge in [-0.1, -0.05) is 72.6 Å². The van der Waals surface area contributed by atoms with Gasteiger partial charge in [-0.25, -0.2) is 9.83 Å². The van der Waals surface area contributed by atoms with Crippen molar-refractivity contribution in [1.29, 1.82) is 0 Å². The van der Waals surface area contributed by atoms with E-state index in [-0.39, 0.29) is 5.15 Å². The van der Waals surface area contributed by atoms with Gasteiger partial charge in [0.1, 0.15) is 5.15 Å². The fourth-order valence-electron chi connectivity index (χ4n) is 3.76. The van der Waals surface area contributed by atoms with Crippen LogP contribution in [0.3, 0.4) is 0 Å². The number of piperidine rings is 1. The lowest BCUT2D eigenvalue weighted by Crippen LogP contribution is -2.28. The third-order valence-corrected chi connectivity index (χ3v) is 5.52. The molecular weight excluding hydrogens is 366 g/mol. The van der Waals surface area contributed by atoms with Gasteiger partial charge in [0.15, 0.2) is 0 Å². The molecule has 1 saturated heterocycles. The summed E-state index contributed by atoms with van der Waals surface area (Å²) in [6.45, 7) is 10.7. The highest BCUT2D eigenvalue weighted by Crippen LogP contribution is 2.37. The molecule has 0 unspecified atom stereocenters. The molecule has 1 aliphatic heterocycles. The molecule has 0 amide bonds. The molecule has 0 aliphatic carbocycles. The molecular formula is C24H22ClN3. The minimum Gasteiger partial charge on any atom is -0.299 e. The fourth-order valence-corrected chi connectivity index (χ4v) is 3.94. The van der Waals surface area contributed by atoms with Crippen LogP contribution in [-0.4, -0.2) is 23.0 Å². The van der Waals surface area contributed by atoms with Gasteiger partial charge in [0.2, 0.25) is 5.69 Å². The monoisotopic (exact) mass is 387 g/mol. The van der Waals surface area contributed by atoms with Crippen molar-refractivity contribution in [2.24, 2.45) is 0 Å². The van der Waals surface area contributed by atoms with Crippen LogP contribution in [0.2, 0.25) is 5.15 Å². The van der Waals surface area contributed by atoms with Crippen LogP contribution >= 0.6 is 11.6 Å². The molecule has 3 aromatic rings. The summed E-state index contributed by atoms with van der Waals surface area (Å²) in [6, 6.07) is 20.5. The summed E-state index contributed by atoms with van der Waals surface area (Å²) in [6.07, 6.45) is 3.95. The van der Waals surface area contributed by atoms with Crippen LogP contribution in [0.15, 0.2) is 60.7 Å². The summed E-state index contributed by atoms with van der Waals surface area (Å²) >= 11 is 6.27. The molecule has 2 aromatic carbocycles. The number of hydrogen-bond acceptors (Lipinski definition) is 2. The topological polar surface area (TPSA) is 20.5 Å². The first-order valence-corrected chi connectivity index (χ1v) is 10.1. The Morgan fingerprint density at radius 2 is 1.64 bits per heavy atom. The molecule has 28 heavy (non-hydrogen) atoms. The highest BCUT2D eigenvalue weighted by atomic mass is 35.5. The molecule has 4 rings (SSSR count). The standard InChI is InChI=1S/C24H22ClN3/c1-26-22-16-21(19-8-4-2-5-9-19)23(27-24(22)25)20-12-10-18(11-13-20)17-28-14-6-3-7-15-28/h2,4-5,8-13,16H,3,6-7,14-15,17H2. The SMILES string of the molecule is [C-]#[N+]c1cc(-c2ccccc2)c(-c2ccc(CN3CCCCC3)cc2)nc1Cl. The lowest BCUT2D eigenvalue weighted by atomic mass is 9.98. The second-order valence-electron chi connectivity index (χ2n) is 7.21. The number of pyridine rings is 1. The minimum atomic E-state index is 0.252. The van der Waals surface area contributed by atoms with Gasteiger partial charge in [-0.2, -0.15) is 0 Å². The summed E-state index contributed by atoms with van der Waals surface area (Å²) in [7, 11) is 0. The van der Waals surface area contributed by atoms with Gasteiger partial charge in [-0.3, -0.25) is 4.90 Å². The molecule has 0 spiro atoms. The van der Waals surface area contributed by atoms with E-state index in [2.05, 4.69) is 39.0 Å². The Hall–Kier alpha value is -2.67. The second-order valence-corrected chi connectivity index (χ2v) is 7.56. The molecule has 0 N–H and O–H groups in total. The van der Waals surface area contributed by atoms with Gasteiger partial charge in [-0.15, -0.1) is 0 Å². The van der Waals surface area contributed by atoms with Crippen molar-refractivity contribution in [2.45, 2.75) is 25.8 Å². The van der Waals surface area contributed by atoms with Crippen LogP contribution in [0, 0.1) is 6.57 Å². The average Bonchev–Trinajstić information content (AvgIpc) is 2.75. The van der Waals surface area contributed by atoms with E-state index in [1.807, 2.05) is 36.4 Å². The molecule has 1 fully saturated rings. The van der Waals surface area contributed by atoms with E-state index in [1.54, 1.807) is 0 Å². The summed E-state index contributed by atoms with van der Waals surface area (Å²) < 4.78 is 0. The quantitative estimate of drug-likeness (QED) is 0.371. The fraction of sp³-hybridized carbons (Fsp3) is 0.250. The molecule has 140 valence electrons. The number of aromatic nitrogens is 1. The van der Waals surface area contributed by atoms with Crippen molar-refractivity contribution < 1.29 is 0 Å². The molecule has 0 saturated carbocycles. The van der Waals surface area contributed by atoms with Crippen molar-refractivity contribution >= 4 is 17.3 Å². The van der Waals surface area contributed by atoms with E-state index < -0.39 is 0 Å². The minimum absolute atomic E-state index is 0.252. The van der Waals surface area contributed by atoms with Crippen LogP contribution in [0.25, 0.3) is 27.2 Å². The number of benzene rings is 2. The van der Waals surface area contributed by atoms with Crippen molar-refractivity contribution in [3.63, 3.8) is 0 Å². The Labute approximate surface area is 171 Å². The first-order chi connectivity index (χ1) is 13.7. The van der Waals surface area contributed by atoms with Gasteiger partial charge >= 0.3 is 0 Å². The largest absolute Gasteiger partial charge is 0.299 e. The maximum atomic E-state index is 7.37. The van der Waals surface area contributed by atoms with E-state index in [0.29, 0.717) is 5.69 Å². The highest BCUT2D eigenvalue weighted by Gasteiger charge is 2.15. The number of nitrogens with zero attached hydrogens (tertiary/aromatic N) is 3. The summed E-state index contributed by atoms with van der Waals surface area (Å²) in [5.41, 5.74) is 5.48. The Balaban J connectivity index is 1.68. The molecule has 0 bridgehead atoms. The number of likely N-dealkylation sites (tertiary alicyclic amines) is 1. The van der Waals surface area contributed by atoms with E-state index in [9.17, 15) is 0 Å². The lowest BCUT2D eigenvalue weighted by Gasteiger charge is -2.26. The van der Waals surface area contributed by atoms with Gasteiger partial charge in [0, 0.05) is 12.1 Å². The maximum Gasteiger partial charge on any atom is 0.224 e. The summed E-state index contributed by atoms with van der Waals surface area (Å²) in [4.78, 5) is 10.6. The van der Waals surface area contributed by atoms with E-state index >= 15 is 0 Å².